The van der Waals surface area contributed by atoms with Gasteiger partial charge in [-0.3, -0.25) is 9.59 Å². The number of methoxy groups -OCH3 is 1. The van der Waals surface area contributed by atoms with Crippen LogP contribution >= 0.6 is 0 Å². The van der Waals surface area contributed by atoms with Gasteiger partial charge in [-0.1, -0.05) is 12.8 Å². The van der Waals surface area contributed by atoms with Gasteiger partial charge in [0.05, 0.1) is 57.1 Å². The van der Waals surface area contributed by atoms with Gasteiger partial charge in [0.25, 0.3) is 0 Å². The van der Waals surface area contributed by atoms with Gasteiger partial charge in [0.15, 0.2) is 0 Å². The van der Waals surface area contributed by atoms with Crippen LogP contribution in [0, 0.1) is 11.8 Å². The molecule has 7 N–H and O–H groups in total. The van der Waals surface area contributed by atoms with Crippen LogP contribution in [-0.2, 0) is 14.3 Å². The number of carboxylic acid groups (broad SMARTS) is 1. The highest BCUT2D eigenvalue weighted by Crippen LogP contribution is 2.30. The topological polar surface area (TPSA) is 185 Å². The molecule has 0 aromatic heterocycles. The van der Waals surface area contributed by atoms with Crippen LogP contribution in [0.5, 0.6) is 0 Å². The van der Waals surface area contributed by atoms with Crippen molar-refractivity contribution in [1.82, 2.24) is 0 Å². The van der Waals surface area contributed by atoms with Crippen molar-refractivity contribution in [3.63, 3.8) is 0 Å². The van der Waals surface area contributed by atoms with Crippen LogP contribution in [0.15, 0.2) is 0 Å². The van der Waals surface area contributed by atoms with Gasteiger partial charge < -0.3 is 40.5 Å². The molecule has 0 saturated heterocycles. The fourth-order valence-corrected chi connectivity index (χ4v) is 1.86. The van der Waals surface area contributed by atoms with E-state index in [0.717, 1.165) is 12.8 Å². The molecular weight excluding hydrogens is 376 g/mol. The molecule has 1 fully saturated rings. The van der Waals surface area contributed by atoms with E-state index in [1.54, 1.807) is 0 Å². The number of esters is 1. The molecule has 10 nitrogen and oxygen atoms in total. The molecule has 0 aliphatic heterocycles. The Morgan fingerprint density at radius 2 is 1.11 bits per heavy atom. The number of hydrogen-bond donors (Lipinski definition) is 7. The zero-order chi connectivity index (χ0) is 22.7. The summed E-state index contributed by atoms with van der Waals surface area (Å²) in [6.45, 7) is 4.17. The number of carboxylic acids is 1. The van der Waals surface area contributed by atoms with E-state index < -0.39 is 36.1 Å². The third-order valence-electron chi connectivity index (χ3n) is 3.38. The summed E-state index contributed by atoms with van der Waals surface area (Å²) < 4.78 is 4.57. The molecular formula is C18H38O10. The molecule has 1 aliphatic carbocycles. The molecule has 5 atom stereocenters. The SMILES string of the molecule is CC(O)CO.CC(O)CO.CC(O)CO.COC(=O)C1CCCCC1C(=O)O. The molecule has 0 aromatic rings. The molecule has 0 aromatic carbocycles. The number of carbonyl (C=O) groups excluding carboxylic acids is 1. The van der Waals surface area contributed by atoms with Gasteiger partial charge >= 0.3 is 11.9 Å². The van der Waals surface area contributed by atoms with Crippen LogP contribution in [0.2, 0.25) is 0 Å². The minimum atomic E-state index is -0.880. The van der Waals surface area contributed by atoms with E-state index in [-0.39, 0.29) is 25.8 Å². The molecule has 1 aliphatic rings. The largest absolute Gasteiger partial charge is 0.481 e. The number of aliphatic hydroxyl groups is 6. The summed E-state index contributed by atoms with van der Waals surface area (Å²) in [5.41, 5.74) is 0. The number of aliphatic carboxylic acids is 1. The monoisotopic (exact) mass is 414 g/mol. The first-order valence-corrected chi connectivity index (χ1v) is 9.15. The molecule has 1 rings (SSSR count). The van der Waals surface area contributed by atoms with Crippen molar-refractivity contribution in [3.05, 3.63) is 0 Å². The van der Waals surface area contributed by atoms with Crippen molar-refractivity contribution in [2.24, 2.45) is 11.8 Å². The summed E-state index contributed by atoms with van der Waals surface area (Å²) in [6.07, 6.45) is 1.37. The third kappa shape index (κ3) is 21.0. The first kappa shape index (κ1) is 31.4. The highest BCUT2D eigenvalue weighted by molar-refractivity contribution is 5.81. The van der Waals surface area contributed by atoms with Gasteiger partial charge in [0.1, 0.15) is 0 Å². The van der Waals surface area contributed by atoms with E-state index in [1.165, 1.54) is 27.9 Å². The van der Waals surface area contributed by atoms with E-state index in [0.29, 0.717) is 12.8 Å². The van der Waals surface area contributed by atoms with Crippen LogP contribution in [0.4, 0.5) is 0 Å². The van der Waals surface area contributed by atoms with Gasteiger partial charge in [-0.05, 0) is 33.6 Å². The highest BCUT2D eigenvalue weighted by atomic mass is 16.5. The molecule has 170 valence electrons. The lowest BCUT2D eigenvalue weighted by atomic mass is 9.79. The molecule has 1 saturated carbocycles. The van der Waals surface area contributed by atoms with Crippen molar-refractivity contribution in [2.45, 2.75) is 64.8 Å². The van der Waals surface area contributed by atoms with Crippen molar-refractivity contribution in [1.29, 1.82) is 0 Å². The van der Waals surface area contributed by atoms with Gasteiger partial charge in [-0.25, -0.2) is 0 Å². The zero-order valence-electron chi connectivity index (χ0n) is 17.2. The summed E-state index contributed by atoms with van der Waals surface area (Å²) in [4.78, 5) is 22.0. The van der Waals surface area contributed by atoms with Crippen LogP contribution in [0.1, 0.15) is 46.5 Å². The van der Waals surface area contributed by atoms with Crippen molar-refractivity contribution in [2.75, 3.05) is 26.9 Å². The smallest absolute Gasteiger partial charge is 0.309 e. The normalized spacial score (nSPS) is 21.1. The number of carbonyl (C=O) groups is 2. The zero-order valence-corrected chi connectivity index (χ0v) is 17.2. The van der Waals surface area contributed by atoms with Crippen LogP contribution in [0.25, 0.3) is 0 Å². The van der Waals surface area contributed by atoms with Gasteiger partial charge in [-0.15, -0.1) is 0 Å². The Bertz CT molecular complexity index is 352. The number of aliphatic hydroxyl groups excluding tert-OH is 6. The van der Waals surface area contributed by atoms with E-state index >= 15 is 0 Å². The Hall–Kier alpha value is -1.30. The van der Waals surface area contributed by atoms with Crippen molar-refractivity contribution < 1.29 is 50.1 Å². The molecule has 0 amide bonds. The lowest BCUT2D eigenvalue weighted by Crippen LogP contribution is -2.33. The Labute approximate surface area is 166 Å². The Morgan fingerprint density at radius 3 is 1.32 bits per heavy atom. The average Bonchev–Trinajstić information content (AvgIpc) is 2.68. The second-order valence-corrected chi connectivity index (χ2v) is 6.45. The molecule has 0 spiro atoms. The first-order chi connectivity index (χ1) is 13.0. The predicted molar refractivity (Wildman–Crippen MR) is 101 cm³/mol. The maximum atomic E-state index is 11.2. The van der Waals surface area contributed by atoms with Crippen molar-refractivity contribution in [3.8, 4) is 0 Å². The summed E-state index contributed by atoms with van der Waals surface area (Å²) in [5.74, 6) is -2.24. The maximum Gasteiger partial charge on any atom is 0.309 e. The summed E-state index contributed by atoms with van der Waals surface area (Å²) in [7, 11) is 1.30. The van der Waals surface area contributed by atoms with E-state index in [2.05, 4.69) is 4.74 Å². The van der Waals surface area contributed by atoms with E-state index in [9.17, 15) is 9.59 Å². The highest BCUT2D eigenvalue weighted by Gasteiger charge is 2.36. The molecule has 0 radical (unpaired) electrons. The predicted octanol–water partition coefficient (Wildman–Crippen LogP) is -0.871. The number of ether oxygens (including phenoxy) is 1. The van der Waals surface area contributed by atoms with Crippen LogP contribution in [-0.4, -0.2) is 92.9 Å². The van der Waals surface area contributed by atoms with Crippen LogP contribution < -0.4 is 0 Å². The third-order valence-corrected chi connectivity index (χ3v) is 3.38. The van der Waals surface area contributed by atoms with Crippen LogP contribution in [0.3, 0.4) is 0 Å². The summed E-state index contributed by atoms with van der Waals surface area (Å²) in [6, 6.07) is 0. The van der Waals surface area contributed by atoms with Crippen molar-refractivity contribution >= 4 is 11.9 Å². The second kappa shape index (κ2) is 20.4. The van der Waals surface area contributed by atoms with Gasteiger partial charge in [-0.2, -0.15) is 0 Å². The minimum Gasteiger partial charge on any atom is -0.481 e. The number of hydrogen-bond acceptors (Lipinski definition) is 9. The summed E-state index contributed by atoms with van der Waals surface area (Å²) >= 11 is 0. The average molecular weight is 414 g/mol. The fourth-order valence-electron chi connectivity index (χ4n) is 1.86. The summed E-state index contributed by atoms with van der Waals surface area (Å²) in [5, 5.41) is 56.9. The fraction of sp³-hybridized carbons (Fsp3) is 0.889. The first-order valence-electron chi connectivity index (χ1n) is 9.15. The lowest BCUT2D eigenvalue weighted by molar-refractivity contribution is -0.157. The second-order valence-electron chi connectivity index (χ2n) is 6.45. The molecule has 28 heavy (non-hydrogen) atoms. The Kier molecular flexibility index (Phi) is 22.9. The molecule has 0 bridgehead atoms. The Morgan fingerprint density at radius 1 is 0.821 bits per heavy atom. The van der Waals surface area contributed by atoms with Gasteiger partial charge in [0.2, 0.25) is 0 Å². The minimum absolute atomic E-state index is 0.139. The maximum absolute atomic E-state index is 11.2. The molecule has 10 heteroatoms. The molecule has 0 heterocycles. The lowest BCUT2D eigenvalue weighted by Gasteiger charge is -2.25. The van der Waals surface area contributed by atoms with E-state index in [4.69, 9.17) is 35.7 Å². The van der Waals surface area contributed by atoms with E-state index in [1.807, 2.05) is 0 Å². The standard InChI is InChI=1S/C9H14O4.3C3H8O2/c1-13-9(12)7-5-3-2-4-6(7)8(10)11;3*1-3(5)2-4/h6-7H,2-5H2,1H3,(H,10,11);3*3-5H,2H2,1H3. The Balaban J connectivity index is -0.000000347. The number of rotatable bonds is 5. The quantitative estimate of drug-likeness (QED) is 0.279. The van der Waals surface area contributed by atoms with Gasteiger partial charge in [0, 0.05) is 0 Å². The molecule has 5 unspecified atom stereocenters.